The maximum Gasteiger partial charge on any atom is 0.306 e. The van der Waals surface area contributed by atoms with Gasteiger partial charge in [0.25, 0.3) is 0 Å². The molecule has 0 amide bonds. The highest BCUT2D eigenvalue weighted by atomic mass is 16.6. The summed E-state index contributed by atoms with van der Waals surface area (Å²) in [5.74, 6) is -0.937. The molecule has 6 nitrogen and oxygen atoms in total. The Morgan fingerprint density at radius 1 is 0.300 bits per heavy atom. The molecule has 0 N–H and O–H groups in total. The van der Waals surface area contributed by atoms with Crippen molar-refractivity contribution in [2.24, 2.45) is 0 Å². The van der Waals surface area contributed by atoms with Gasteiger partial charge in [-0.2, -0.15) is 0 Å². The Bertz CT molecular complexity index is 1440. The van der Waals surface area contributed by atoms with Crippen molar-refractivity contribution in [1.82, 2.24) is 0 Å². The fourth-order valence-corrected chi connectivity index (χ4v) is 7.71. The molecule has 0 bridgehead atoms. The van der Waals surface area contributed by atoms with E-state index in [4.69, 9.17) is 14.2 Å². The third-order valence-electron chi connectivity index (χ3n) is 12.0. The highest BCUT2D eigenvalue weighted by Crippen LogP contribution is 2.14. The van der Waals surface area contributed by atoms with Gasteiger partial charge < -0.3 is 14.2 Å². The normalized spacial score (nSPS) is 12.9. The molecule has 0 aromatic heterocycles. The van der Waals surface area contributed by atoms with Crippen LogP contribution in [-0.2, 0) is 28.6 Å². The van der Waals surface area contributed by atoms with Crippen LogP contribution in [0.15, 0.2) is 109 Å². The molecule has 0 aromatic rings. The maximum atomic E-state index is 12.9. The molecular formula is C64H106O6. The van der Waals surface area contributed by atoms with E-state index in [9.17, 15) is 14.4 Å². The Labute approximate surface area is 431 Å². The molecule has 0 radical (unpaired) electrons. The maximum absolute atomic E-state index is 12.9. The molecule has 0 rings (SSSR count). The van der Waals surface area contributed by atoms with Gasteiger partial charge in [-0.05, 0) is 122 Å². The highest BCUT2D eigenvalue weighted by molar-refractivity contribution is 5.71. The minimum atomic E-state index is -0.801. The number of carbonyl (C=O) groups excluding carboxylic acids is 3. The lowest BCUT2D eigenvalue weighted by Gasteiger charge is -2.18. The molecule has 1 atom stereocenters. The van der Waals surface area contributed by atoms with Gasteiger partial charge in [0.15, 0.2) is 6.10 Å². The van der Waals surface area contributed by atoms with Crippen molar-refractivity contribution in [1.29, 1.82) is 0 Å². The Morgan fingerprint density at radius 2 is 0.557 bits per heavy atom. The van der Waals surface area contributed by atoms with Crippen molar-refractivity contribution in [2.45, 2.75) is 264 Å². The molecule has 0 saturated carbocycles. The fourth-order valence-electron chi connectivity index (χ4n) is 7.71. The van der Waals surface area contributed by atoms with Gasteiger partial charge in [0.2, 0.25) is 0 Å². The monoisotopic (exact) mass is 971 g/mol. The molecule has 0 aromatic carbocycles. The first-order valence-corrected chi connectivity index (χ1v) is 28.9. The van der Waals surface area contributed by atoms with Gasteiger partial charge >= 0.3 is 17.9 Å². The highest BCUT2D eigenvalue weighted by Gasteiger charge is 2.19. The van der Waals surface area contributed by atoms with E-state index in [0.717, 1.165) is 135 Å². The molecule has 398 valence electrons. The van der Waals surface area contributed by atoms with Gasteiger partial charge in [0.1, 0.15) is 13.2 Å². The van der Waals surface area contributed by atoms with Crippen LogP contribution in [-0.4, -0.2) is 37.2 Å². The third-order valence-corrected chi connectivity index (χ3v) is 12.0. The number of allylic oxidation sites excluding steroid dienone is 18. The summed E-state index contributed by atoms with van der Waals surface area (Å²) in [6.07, 6.45) is 77.8. The molecule has 70 heavy (non-hydrogen) atoms. The predicted octanol–water partition coefficient (Wildman–Crippen LogP) is 19.5. The summed E-state index contributed by atoms with van der Waals surface area (Å²) in [6.45, 7) is 6.37. The molecule has 0 fully saturated rings. The molecule has 0 aliphatic carbocycles. The number of esters is 3. The first-order chi connectivity index (χ1) is 34.5. The van der Waals surface area contributed by atoms with Crippen molar-refractivity contribution in [2.75, 3.05) is 13.2 Å². The summed E-state index contributed by atoms with van der Waals surface area (Å²) in [5.41, 5.74) is 0. The fraction of sp³-hybridized carbons (Fsp3) is 0.672. The van der Waals surface area contributed by atoms with Crippen LogP contribution in [0.2, 0.25) is 0 Å². The van der Waals surface area contributed by atoms with Crippen LogP contribution in [0.1, 0.15) is 258 Å². The lowest BCUT2D eigenvalue weighted by molar-refractivity contribution is -0.167. The van der Waals surface area contributed by atoms with E-state index in [-0.39, 0.29) is 31.1 Å². The molecule has 0 aliphatic heterocycles. The van der Waals surface area contributed by atoms with Crippen LogP contribution in [0.25, 0.3) is 0 Å². The smallest absolute Gasteiger partial charge is 0.306 e. The number of carbonyl (C=O) groups is 3. The first kappa shape index (κ1) is 66.1. The van der Waals surface area contributed by atoms with Crippen molar-refractivity contribution in [3.63, 3.8) is 0 Å². The zero-order valence-corrected chi connectivity index (χ0v) is 45.5. The summed E-state index contributed by atoms with van der Waals surface area (Å²) in [4.78, 5) is 38.2. The zero-order chi connectivity index (χ0) is 50.7. The third kappa shape index (κ3) is 55.0. The van der Waals surface area contributed by atoms with Crippen molar-refractivity contribution < 1.29 is 28.6 Å². The second-order valence-electron chi connectivity index (χ2n) is 18.8. The van der Waals surface area contributed by atoms with E-state index in [0.29, 0.717) is 19.3 Å². The van der Waals surface area contributed by atoms with Gasteiger partial charge in [-0.1, -0.05) is 226 Å². The first-order valence-electron chi connectivity index (χ1n) is 28.9. The summed E-state index contributed by atoms with van der Waals surface area (Å²) in [7, 11) is 0. The summed E-state index contributed by atoms with van der Waals surface area (Å²) in [5, 5.41) is 0. The average molecular weight is 972 g/mol. The number of ether oxygens (including phenoxy) is 3. The zero-order valence-electron chi connectivity index (χ0n) is 45.5. The van der Waals surface area contributed by atoms with E-state index in [1.807, 2.05) is 0 Å². The Balaban J connectivity index is 4.47. The minimum absolute atomic E-state index is 0.0969. The summed E-state index contributed by atoms with van der Waals surface area (Å²) < 4.78 is 16.9. The van der Waals surface area contributed by atoms with Gasteiger partial charge in [0, 0.05) is 19.3 Å². The van der Waals surface area contributed by atoms with Gasteiger partial charge in [0.05, 0.1) is 0 Å². The summed E-state index contributed by atoms with van der Waals surface area (Å²) >= 11 is 0. The average Bonchev–Trinajstić information content (AvgIpc) is 3.36. The van der Waals surface area contributed by atoms with E-state index in [2.05, 4.69) is 130 Å². The molecule has 1 unspecified atom stereocenters. The topological polar surface area (TPSA) is 78.9 Å². The summed E-state index contributed by atoms with van der Waals surface area (Å²) in [6, 6.07) is 0. The lowest BCUT2D eigenvalue weighted by Crippen LogP contribution is -2.30. The number of hydrogen-bond donors (Lipinski definition) is 0. The molecular weight excluding hydrogens is 865 g/mol. The Hall–Kier alpha value is -3.93. The molecule has 0 heterocycles. The standard InChI is InChI=1S/C64H106O6/c1-4-7-10-13-16-19-22-25-28-31-34-36-39-42-45-48-51-54-57-63(66)69-60-61(70-64(67)58-55-52-49-46-43-40-37-33-30-27-24-21-18-15-12-9-6-3)59-68-62(65)56-53-50-47-44-41-38-35-32-29-26-23-20-17-14-11-8-5-2/h8-9,11-12,17-22,26-31,37,40,61H,4-7,10,13-16,23-25,32-36,38-39,41-60H2,1-3H3/b11-8-,12-9-,20-17-,21-18-,22-19-,29-26-,30-27-,31-28-,40-37-. The van der Waals surface area contributed by atoms with E-state index in [1.165, 1.54) is 83.5 Å². The second-order valence-corrected chi connectivity index (χ2v) is 18.8. The van der Waals surface area contributed by atoms with Crippen LogP contribution in [0.5, 0.6) is 0 Å². The predicted molar refractivity (Wildman–Crippen MR) is 302 cm³/mol. The van der Waals surface area contributed by atoms with Crippen molar-refractivity contribution in [3.05, 3.63) is 109 Å². The number of rotatable bonds is 51. The second kappa shape index (κ2) is 57.6. The number of unbranched alkanes of at least 4 members (excludes halogenated alkanes) is 22. The minimum Gasteiger partial charge on any atom is -0.462 e. The Morgan fingerprint density at radius 3 is 0.871 bits per heavy atom. The van der Waals surface area contributed by atoms with Crippen LogP contribution >= 0.6 is 0 Å². The van der Waals surface area contributed by atoms with Gasteiger partial charge in [-0.25, -0.2) is 0 Å². The Kier molecular flexibility index (Phi) is 54.4. The SMILES string of the molecule is CC/C=C\C/C=C\C/C=C\C/C=C\CCCCCCC(=O)OC(COC(=O)CCCCCCCCC/C=C\C/C=C\C/C=C\CC)COC(=O)CCCCCCCCC/C=C\C/C=C\CCCCCC. The molecule has 0 saturated heterocycles. The van der Waals surface area contributed by atoms with Crippen LogP contribution < -0.4 is 0 Å². The van der Waals surface area contributed by atoms with Crippen molar-refractivity contribution in [3.8, 4) is 0 Å². The van der Waals surface area contributed by atoms with Gasteiger partial charge in [-0.15, -0.1) is 0 Å². The lowest BCUT2D eigenvalue weighted by atomic mass is 10.1. The van der Waals surface area contributed by atoms with E-state index < -0.39 is 6.10 Å². The van der Waals surface area contributed by atoms with Gasteiger partial charge in [-0.3, -0.25) is 14.4 Å². The van der Waals surface area contributed by atoms with E-state index in [1.54, 1.807) is 0 Å². The van der Waals surface area contributed by atoms with Crippen LogP contribution in [0.3, 0.4) is 0 Å². The number of hydrogen-bond acceptors (Lipinski definition) is 6. The quantitative estimate of drug-likeness (QED) is 0.0262. The molecule has 6 heteroatoms. The largest absolute Gasteiger partial charge is 0.462 e. The van der Waals surface area contributed by atoms with Crippen molar-refractivity contribution >= 4 is 17.9 Å². The van der Waals surface area contributed by atoms with E-state index >= 15 is 0 Å². The van der Waals surface area contributed by atoms with Crippen LogP contribution in [0, 0.1) is 0 Å². The van der Waals surface area contributed by atoms with Crippen LogP contribution in [0.4, 0.5) is 0 Å². The molecule has 0 spiro atoms. The molecule has 0 aliphatic rings.